The number of carbonyl (C=O) groups is 3. The average molecular weight is 426 g/mol. The van der Waals surface area contributed by atoms with E-state index in [2.05, 4.69) is 5.32 Å². The van der Waals surface area contributed by atoms with Crippen LogP contribution in [-0.4, -0.2) is 22.8 Å². The molecule has 0 saturated heterocycles. The van der Waals surface area contributed by atoms with Gasteiger partial charge in [-0.1, -0.05) is 30.3 Å². The van der Waals surface area contributed by atoms with Crippen LogP contribution in [0.2, 0.25) is 0 Å². The van der Waals surface area contributed by atoms with Gasteiger partial charge in [0.05, 0.1) is 11.1 Å². The molecule has 31 heavy (non-hydrogen) atoms. The van der Waals surface area contributed by atoms with Crippen molar-refractivity contribution in [2.24, 2.45) is 0 Å². The summed E-state index contributed by atoms with van der Waals surface area (Å²) in [6, 6.07) is 13.0. The van der Waals surface area contributed by atoms with Gasteiger partial charge in [0.25, 0.3) is 17.7 Å². The number of carbonyl (C=O) groups excluding carboxylic acids is 3. The Morgan fingerprint density at radius 1 is 0.871 bits per heavy atom. The molecule has 1 aliphatic heterocycles. The monoisotopic (exact) mass is 426 g/mol. The Balaban J connectivity index is 1.53. The van der Waals surface area contributed by atoms with Gasteiger partial charge >= 0.3 is 0 Å². The predicted octanol–water partition coefficient (Wildman–Crippen LogP) is 4.08. The third kappa shape index (κ3) is 3.78. The Labute approximate surface area is 173 Å². The summed E-state index contributed by atoms with van der Waals surface area (Å²) in [5.74, 6) is -5.83. The quantitative estimate of drug-likeness (QED) is 0.624. The Bertz CT molecular complexity index is 1170. The number of benzene rings is 3. The summed E-state index contributed by atoms with van der Waals surface area (Å²) in [7, 11) is 0. The zero-order valence-corrected chi connectivity index (χ0v) is 15.7. The topological polar surface area (TPSA) is 75.7 Å². The summed E-state index contributed by atoms with van der Waals surface area (Å²) in [4.78, 5) is 42.7. The van der Waals surface area contributed by atoms with Gasteiger partial charge in [-0.05, 0) is 23.8 Å². The molecule has 0 spiro atoms. The van der Waals surface area contributed by atoms with E-state index in [9.17, 15) is 27.6 Å². The molecule has 1 N–H and O–H groups in total. The van der Waals surface area contributed by atoms with Gasteiger partial charge in [0.1, 0.15) is 18.1 Å². The lowest BCUT2D eigenvalue weighted by atomic mass is 10.1. The Kier molecular flexibility index (Phi) is 5.26. The first kappa shape index (κ1) is 20.3. The number of imide groups is 1. The second kappa shape index (κ2) is 8.04. The molecule has 3 aromatic carbocycles. The molecule has 0 bridgehead atoms. The lowest BCUT2D eigenvalue weighted by Crippen LogP contribution is -2.30. The van der Waals surface area contributed by atoms with E-state index < -0.39 is 40.9 Å². The number of hydrogen-bond donors (Lipinski definition) is 1. The zero-order chi connectivity index (χ0) is 22.1. The van der Waals surface area contributed by atoms with Gasteiger partial charge in [-0.25, -0.2) is 13.2 Å². The normalized spacial score (nSPS) is 12.8. The predicted molar refractivity (Wildman–Crippen MR) is 102 cm³/mol. The Hall–Kier alpha value is -3.98. The van der Waals surface area contributed by atoms with Crippen LogP contribution in [0.3, 0.4) is 0 Å². The second-order valence-electron chi connectivity index (χ2n) is 6.58. The molecule has 0 fully saturated rings. The third-order valence-electron chi connectivity index (χ3n) is 4.61. The lowest BCUT2D eigenvalue weighted by molar-refractivity contribution is -0.101. The molecular weight excluding hydrogens is 413 g/mol. The Morgan fingerprint density at radius 3 is 2.03 bits per heavy atom. The molecule has 1 aliphatic rings. The van der Waals surface area contributed by atoms with Crippen LogP contribution in [0.4, 0.5) is 18.9 Å². The van der Waals surface area contributed by atoms with E-state index in [1.807, 2.05) is 0 Å². The zero-order valence-electron chi connectivity index (χ0n) is 15.7. The maximum absolute atomic E-state index is 13.9. The van der Waals surface area contributed by atoms with E-state index in [0.29, 0.717) is 17.2 Å². The largest absolute Gasteiger partial charge is 0.317 e. The molecule has 9 heteroatoms. The fraction of sp³-hybridized carbons (Fsp3) is 0.0455. The molecule has 0 atom stereocenters. The number of fused-ring (bicyclic) bond motifs is 1. The fourth-order valence-electron chi connectivity index (χ4n) is 3.13. The number of nitrogens with one attached hydrogen (secondary N) is 1. The van der Waals surface area contributed by atoms with Crippen molar-refractivity contribution in [2.75, 3.05) is 5.32 Å². The van der Waals surface area contributed by atoms with Gasteiger partial charge in [0.2, 0.25) is 0 Å². The van der Waals surface area contributed by atoms with E-state index in [1.165, 1.54) is 30.3 Å². The van der Waals surface area contributed by atoms with Crippen molar-refractivity contribution in [1.29, 1.82) is 0 Å². The van der Waals surface area contributed by atoms with Crippen molar-refractivity contribution < 1.29 is 32.4 Å². The first-order valence-electron chi connectivity index (χ1n) is 9.01. The number of halogens is 3. The number of nitrogens with zero attached hydrogens (tertiary/aromatic N) is 1. The van der Waals surface area contributed by atoms with Crippen molar-refractivity contribution in [3.8, 4) is 0 Å². The molecule has 6 nitrogen and oxygen atoms in total. The molecule has 0 aliphatic carbocycles. The fourth-order valence-corrected chi connectivity index (χ4v) is 3.13. The van der Waals surface area contributed by atoms with Crippen LogP contribution in [0, 0.1) is 17.5 Å². The third-order valence-corrected chi connectivity index (χ3v) is 4.61. The Morgan fingerprint density at radius 2 is 1.42 bits per heavy atom. The van der Waals surface area contributed by atoms with E-state index in [1.54, 1.807) is 18.2 Å². The first-order valence-corrected chi connectivity index (χ1v) is 9.01. The van der Waals surface area contributed by atoms with Crippen molar-refractivity contribution in [3.05, 3.63) is 100 Å². The number of hydroxylamine groups is 2. The molecule has 3 amide bonds. The summed E-state index contributed by atoms with van der Waals surface area (Å²) < 4.78 is 40.8. The van der Waals surface area contributed by atoms with E-state index in [4.69, 9.17) is 4.84 Å². The SMILES string of the molecule is O=C(Nc1c(F)cc(F)cc1F)c1ccccc1CON1C(=O)c2ccccc2C1=O. The summed E-state index contributed by atoms with van der Waals surface area (Å²) in [5, 5.41) is 2.66. The van der Waals surface area contributed by atoms with Gasteiger partial charge in [-0.15, -0.1) is 5.06 Å². The molecule has 1 heterocycles. The minimum Gasteiger partial charge on any atom is -0.317 e. The van der Waals surface area contributed by atoms with Crippen LogP contribution in [0.1, 0.15) is 36.6 Å². The minimum absolute atomic E-state index is 0.0118. The van der Waals surface area contributed by atoms with Crippen LogP contribution < -0.4 is 5.32 Å². The van der Waals surface area contributed by atoms with Crippen molar-refractivity contribution in [3.63, 3.8) is 0 Å². The maximum atomic E-state index is 13.9. The van der Waals surface area contributed by atoms with E-state index >= 15 is 0 Å². The minimum atomic E-state index is -1.27. The van der Waals surface area contributed by atoms with Crippen LogP contribution >= 0.6 is 0 Å². The van der Waals surface area contributed by atoms with Gasteiger partial charge in [-0.3, -0.25) is 19.2 Å². The lowest BCUT2D eigenvalue weighted by Gasteiger charge is -2.15. The molecule has 0 aromatic heterocycles. The number of amides is 3. The first-order chi connectivity index (χ1) is 14.9. The molecule has 3 aromatic rings. The van der Waals surface area contributed by atoms with E-state index in [0.717, 1.165) is 0 Å². The van der Waals surface area contributed by atoms with Crippen molar-refractivity contribution >= 4 is 23.4 Å². The summed E-state index contributed by atoms with van der Waals surface area (Å²) >= 11 is 0. The molecule has 0 radical (unpaired) electrons. The molecule has 0 unspecified atom stereocenters. The summed E-state index contributed by atoms with van der Waals surface area (Å²) in [6.45, 7) is -0.344. The highest BCUT2D eigenvalue weighted by Crippen LogP contribution is 2.25. The number of anilines is 1. The molecule has 0 saturated carbocycles. The smallest absolute Gasteiger partial charge is 0.285 e. The van der Waals surface area contributed by atoms with Crippen molar-refractivity contribution in [1.82, 2.24) is 5.06 Å². The van der Waals surface area contributed by atoms with Gasteiger partial charge < -0.3 is 5.32 Å². The van der Waals surface area contributed by atoms with Crippen LogP contribution in [0.15, 0.2) is 60.7 Å². The van der Waals surface area contributed by atoms with Crippen molar-refractivity contribution in [2.45, 2.75) is 6.61 Å². The second-order valence-corrected chi connectivity index (χ2v) is 6.58. The van der Waals surface area contributed by atoms with Crippen LogP contribution in [0.5, 0.6) is 0 Å². The highest BCUT2D eigenvalue weighted by molar-refractivity contribution is 6.20. The average Bonchev–Trinajstić information content (AvgIpc) is 2.99. The van der Waals surface area contributed by atoms with Gasteiger partial charge in [0, 0.05) is 17.7 Å². The molecular formula is C22H13F3N2O4. The number of rotatable bonds is 5. The summed E-state index contributed by atoms with van der Waals surface area (Å²) in [5.41, 5.74) is -0.175. The maximum Gasteiger partial charge on any atom is 0.285 e. The molecule has 156 valence electrons. The highest BCUT2D eigenvalue weighted by atomic mass is 19.1. The van der Waals surface area contributed by atoms with E-state index in [-0.39, 0.29) is 28.9 Å². The van der Waals surface area contributed by atoms with Crippen LogP contribution in [0.25, 0.3) is 0 Å². The highest BCUT2D eigenvalue weighted by Gasteiger charge is 2.36. The molecule has 4 rings (SSSR count). The van der Waals surface area contributed by atoms with Gasteiger partial charge in [0.15, 0.2) is 11.6 Å². The number of hydrogen-bond acceptors (Lipinski definition) is 4. The van der Waals surface area contributed by atoms with Gasteiger partial charge in [-0.2, -0.15) is 0 Å². The van der Waals surface area contributed by atoms with Crippen LogP contribution in [-0.2, 0) is 11.4 Å². The summed E-state index contributed by atoms with van der Waals surface area (Å²) in [6.07, 6.45) is 0. The standard InChI is InChI=1S/C22H13F3N2O4/c23-13-9-17(24)19(18(25)10-13)26-20(28)14-6-2-1-5-12(14)11-31-27-21(29)15-7-3-4-8-16(15)22(27)30/h1-10H,11H2,(H,26,28).